The Morgan fingerprint density at radius 1 is 1.09 bits per heavy atom. The maximum Gasteiger partial charge on any atom is 0.153 e. The van der Waals surface area contributed by atoms with Crippen LogP contribution < -0.4 is 5.73 Å². The summed E-state index contributed by atoms with van der Waals surface area (Å²) in [5.74, 6) is 7.98. The van der Waals surface area contributed by atoms with Gasteiger partial charge in [-0.3, -0.25) is 5.10 Å². The Morgan fingerprint density at radius 3 is 2.69 bits per heavy atom. The molecule has 1 fully saturated rings. The second-order valence-electron chi connectivity index (χ2n) is 10.2. The van der Waals surface area contributed by atoms with E-state index in [9.17, 15) is 0 Å². The van der Waals surface area contributed by atoms with Gasteiger partial charge in [0.2, 0.25) is 0 Å². The van der Waals surface area contributed by atoms with E-state index in [0.29, 0.717) is 5.82 Å². The lowest BCUT2D eigenvalue weighted by Gasteiger charge is -2.20. The minimum atomic E-state index is -0.0908. The fourth-order valence-electron chi connectivity index (χ4n) is 4.80. The van der Waals surface area contributed by atoms with Crippen LogP contribution in [-0.2, 0) is 6.42 Å². The third kappa shape index (κ3) is 4.10. The number of rotatable bonds is 3. The first-order chi connectivity index (χ1) is 15.4. The Morgan fingerprint density at radius 2 is 1.91 bits per heavy atom. The second kappa shape index (κ2) is 8.02. The van der Waals surface area contributed by atoms with E-state index in [1.807, 2.05) is 6.20 Å². The van der Waals surface area contributed by atoms with E-state index < -0.39 is 0 Å². The molecule has 0 saturated heterocycles. The molecule has 0 radical (unpaired) electrons. The first-order valence-corrected chi connectivity index (χ1v) is 11.7. The Labute approximate surface area is 189 Å². The molecule has 1 aliphatic rings. The van der Waals surface area contributed by atoms with Crippen molar-refractivity contribution in [3.05, 3.63) is 41.7 Å². The molecule has 164 valence electrons. The average Bonchev–Trinajstić information content (AvgIpc) is 3.35. The zero-order valence-electron chi connectivity index (χ0n) is 19.2. The first-order valence-electron chi connectivity index (χ1n) is 11.7. The zero-order chi connectivity index (χ0) is 22.3. The Bertz CT molecular complexity index is 1330. The van der Waals surface area contributed by atoms with Crippen LogP contribution in [0.2, 0.25) is 0 Å². The third-order valence-electron chi connectivity index (χ3n) is 6.41. The highest BCUT2D eigenvalue weighted by atomic mass is 15.1. The fraction of sp³-hybridized carbons (Fsp3) is 0.407. The van der Waals surface area contributed by atoms with Gasteiger partial charge in [0, 0.05) is 28.1 Å². The summed E-state index contributed by atoms with van der Waals surface area (Å²) in [6.07, 6.45) is 9.75. The predicted molar refractivity (Wildman–Crippen MR) is 132 cm³/mol. The molecule has 0 aliphatic heterocycles. The molecule has 0 bridgehead atoms. The molecule has 0 unspecified atom stereocenters. The average molecular weight is 426 g/mol. The minimum Gasteiger partial charge on any atom is -0.382 e. The molecule has 0 atom stereocenters. The molecular formula is C27H31N5. The van der Waals surface area contributed by atoms with Gasteiger partial charge in [-0.15, -0.1) is 0 Å². The lowest BCUT2D eigenvalue weighted by Crippen LogP contribution is -2.09. The summed E-state index contributed by atoms with van der Waals surface area (Å²) in [5, 5.41) is 9.35. The van der Waals surface area contributed by atoms with Gasteiger partial charge in [-0.2, -0.15) is 5.10 Å². The van der Waals surface area contributed by atoms with Crippen LogP contribution in [0.15, 0.2) is 30.5 Å². The molecule has 0 amide bonds. The minimum absolute atomic E-state index is 0.0908. The highest BCUT2D eigenvalue weighted by molar-refractivity contribution is 6.00. The number of anilines is 1. The number of pyridine rings is 1. The van der Waals surface area contributed by atoms with Gasteiger partial charge < -0.3 is 10.7 Å². The molecule has 3 heterocycles. The summed E-state index contributed by atoms with van der Waals surface area (Å²) in [4.78, 5) is 8.19. The summed E-state index contributed by atoms with van der Waals surface area (Å²) in [7, 11) is 0. The molecule has 4 N–H and O–H groups in total. The molecule has 5 nitrogen and oxygen atoms in total. The molecule has 0 spiro atoms. The number of nitrogens with one attached hydrogen (secondary N) is 2. The van der Waals surface area contributed by atoms with E-state index in [1.54, 1.807) is 0 Å². The fourth-order valence-corrected chi connectivity index (χ4v) is 4.80. The number of benzene rings is 1. The molecule has 1 saturated carbocycles. The maximum absolute atomic E-state index is 6.19. The van der Waals surface area contributed by atoms with E-state index in [0.717, 1.165) is 51.0 Å². The van der Waals surface area contributed by atoms with Crippen LogP contribution in [0.3, 0.4) is 0 Å². The molecule has 32 heavy (non-hydrogen) atoms. The van der Waals surface area contributed by atoms with Crippen molar-refractivity contribution in [2.45, 2.75) is 59.3 Å². The number of H-pyrrole nitrogens is 2. The van der Waals surface area contributed by atoms with Gasteiger partial charge in [-0.05, 0) is 68.5 Å². The standard InChI is InChI=1S/C27H31N5/c1-27(2,3)11-9-18-14-19(15-23-24(18)31-32-25(23)28)21-10-12-29-26-22(21)16-20(30-26)13-17-7-5-4-6-8-17/h10,12,14-17H,4-8,13H2,1-3H3,(H,29,30)(H3,28,31,32). The van der Waals surface area contributed by atoms with Gasteiger partial charge in [0.1, 0.15) is 5.65 Å². The lowest BCUT2D eigenvalue weighted by atomic mass is 9.86. The van der Waals surface area contributed by atoms with Crippen LogP contribution in [0.25, 0.3) is 33.1 Å². The maximum atomic E-state index is 6.19. The van der Waals surface area contributed by atoms with Gasteiger partial charge in [0.25, 0.3) is 0 Å². The first kappa shape index (κ1) is 20.6. The van der Waals surface area contributed by atoms with Crippen LogP contribution in [0, 0.1) is 23.2 Å². The van der Waals surface area contributed by atoms with Crippen molar-refractivity contribution in [1.82, 2.24) is 20.2 Å². The van der Waals surface area contributed by atoms with E-state index in [-0.39, 0.29) is 5.41 Å². The van der Waals surface area contributed by atoms with Gasteiger partial charge in [0.15, 0.2) is 5.82 Å². The summed E-state index contributed by atoms with van der Waals surface area (Å²) in [6.45, 7) is 6.34. The number of nitrogens with zero attached hydrogens (tertiary/aromatic N) is 2. The number of nitrogens with two attached hydrogens (primary N) is 1. The third-order valence-corrected chi connectivity index (χ3v) is 6.41. The number of aromatic amines is 2. The molecule has 1 aromatic carbocycles. The second-order valence-corrected chi connectivity index (χ2v) is 10.2. The van der Waals surface area contributed by atoms with Crippen LogP contribution in [-0.4, -0.2) is 20.2 Å². The number of hydrogen-bond donors (Lipinski definition) is 3. The topological polar surface area (TPSA) is 83.4 Å². The van der Waals surface area contributed by atoms with E-state index >= 15 is 0 Å². The van der Waals surface area contributed by atoms with E-state index in [1.165, 1.54) is 37.8 Å². The van der Waals surface area contributed by atoms with Crippen molar-refractivity contribution < 1.29 is 0 Å². The Balaban J connectivity index is 1.60. The van der Waals surface area contributed by atoms with Crippen LogP contribution in [0.5, 0.6) is 0 Å². The summed E-state index contributed by atoms with van der Waals surface area (Å²) < 4.78 is 0. The molecule has 3 aromatic heterocycles. The monoisotopic (exact) mass is 425 g/mol. The quantitative estimate of drug-likeness (QED) is 0.341. The lowest BCUT2D eigenvalue weighted by molar-refractivity contribution is 0.355. The van der Waals surface area contributed by atoms with E-state index in [2.05, 4.69) is 77.0 Å². The molecule has 1 aliphatic carbocycles. The number of fused-ring (bicyclic) bond motifs is 2. The molecule has 5 rings (SSSR count). The molecule has 5 heteroatoms. The number of aromatic nitrogens is 4. The van der Waals surface area contributed by atoms with E-state index in [4.69, 9.17) is 5.73 Å². The molecule has 4 aromatic rings. The highest BCUT2D eigenvalue weighted by Crippen LogP contribution is 2.34. The van der Waals surface area contributed by atoms with Crippen LogP contribution in [0.4, 0.5) is 5.82 Å². The van der Waals surface area contributed by atoms with Crippen molar-refractivity contribution in [2.24, 2.45) is 11.3 Å². The van der Waals surface area contributed by atoms with Gasteiger partial charge >= 0.3 is 0 Å². The number of nitrogen functional groups attached to an aromatic ring is 1. The summed E-state index contributed by atoms with van der Waals surface area (Å²) >= 11 is 0. The largest absolute Gasteiger partial charge is 0.382 e. The molecular weight excluding hydrogens is 394 g/mol. The van der Waals surface area contributed by atoms with Crippen LogP contribution in [0.1, 0.15) is 64.1 Å². The zero-order valence-corrected chi connectivity index (χ0v) is 19.2. The summed E-state index contributed by atoms with van der Waals surface area (Å²) in [5.41, 5.74) is 12.3. The Hall–Kier alpha value is -3.26. The van der Waals surface area contributed by atoms with Gasteiger partial charge in [-0.1, -0.05) is 43.9 Å². The van der Waals surface area contributed by atoms with Crippen molar-refractivity contribution >= 4 is 27.8 Å². The highest BCUT2D eigenvalue weighted by Gasteiger charge is 2.17. The number of hydrogen-bond acceptors (Lipinski definition) is 3. The van der Waals surface area contributed by atoms with Gasteiger partial charge in [0.05, 0.1) is 11.1 Å². The van der Waals surface area contributed by atoms with Crippen molar-refractivity contribution in [1.29, 1.82) is 0 Å². The van der Waals surface area contributed by atoms with Crippen molar-refractivity contribution in [3.63, 3.8) is 0 Å². The Kier molecular flexibility index (Phi) is 5.17. The van der Waals surface area contributed by atoms with Crippen molar-refractivity contribution in [3.8, 4) is 23.0 Å². The van der Waals surface area contributed by atoms with Crippen molar-refractivity contribution in [2.75, 3.05) is 5.73 Å². The predicted octanol–water partition coefficient (Wildman–Crippen LogP) is 6.21. The van der Waals surface area contributed by atoms with Gasteiger partial charge in [-0.25, -0.2) is 4.98 Å². The smallest absolute Gasteiger partial charge is 0.153 e. The normalized spacial score (nSPS) is 15.2. The summed E-state index contributed by atoms with van der Waals surface area (Å²) in [6, 6.07) is 8.62. The van der Waals surface area contributed by atoms with Crippen LogP contribution >= 0.6 is 0 Å². The SMILES string of the molecule is CC(C)(C)C#Cc1cc(-c2ccnc3[nH]c(CC4CCCCC4)cc23)cc2c(N)n[nH]c12.